The fraction of sp³-hybridized carbons (Fsp3) is 0.118. The van der Waals surface area contributed by atoms with Crippen molar-refractivity contribution in [3.05, 3.63) is 88.0 Å². The molecule has 3 aromatic rings. The Balaban J connectivity index is 1.74. The van der Waals surface area contributed by atoms with Crippen molar-refractivity contribution in [2.75, 3.05) is 0 Å². The average Bonchev–Trinajstić information content (AvgIpc) is 3.10. The first-order valence-electron chi connectivity index (χ1n) is 7.25. The van der Waals surface area contributed by atoms with Gasteiger partial charge in [0.15, 0.2) is 0 Å². The van der Waals surface area contributed by atoms with Gasteiger partial charge in [0, 0.05) is 6.07 Å². The summed E-state index contributed by atoms with van der Waals surface area (Å²) in [5.41, 5.74) is 0.476. The van der Waals surface area contributed by atoms with Gasteiger partial charge in [0.25, 0.3) is 11.5 Å². The predicted octanol–water partition coefficient (Wildman–Crippen LogP) is 1.95. The molecule has 0 unspecified atom stereocenters. The van der Waals surface area contributed by atoms with Crippen molar-refractivity contribution in [2.45, 2.75) is 13.1 Å². The number of rotatable bonds is 5. The lowest BCUT2D eigenvalue weighted by molar-refractivity contribution is 0.0940. The SMILES string of the molecule is O=C(NCc1ccco1)c1ccc(=O)n(Cc2ccc(F)cc2)n1. The van der Waals surface area contributed by atoms with E-state index in [0.29, 0.717) is 11.3 Å². The molecule has 0 atom stereocenters. The number of benzene rings is 1. The van der Waals surface area contributed by atoms with Crippen molar-refractivity contribution in [2.24, 2.45) is 0 Å². The van der Waals surface area contributed by atoms with E-state index in [0.717, 1.165) is 4.68 Å². The van der Waals surface area contributed by atoms with Crippen LogP contribution in [0.4, 0.5) is 4.39 Å². The number of nitrogens with zero attached hydrogens (tertiary/aromatic N) is 2. The van der Waals surface area contributed by atoms with Gasteiger partial charge in [-0.15, -0.1) is 0 Å². The summed E-state index contributed by atoms with van der Waals surface area (Å²) in [4.78, 5) is 24.0. The Morgan fingerprint density at radius 3 is 2.67 bits per heavy atom. The third-order valence-corrected chi connectivity index (χ3v) is 3.35. The summed E-state index contributed by atoms with van der Waals surface area (Å²) in [6.45, 7) is 0.378. The fourth-order valence-electron chi connectivity index (χ4n) is 2.12. The van der Waals surface area contributed by atoms with Crippen molar-refractivity contribution in [1.82, 2.24) is 15.1 Å². The van der Waals surface area contributed by atoms with Crippen molar-refractivity contribution in [3.8, 4) is 0 Å². The van der Waals surface area contributed by atoms with E-state index in [1.807, 2.05) is 0 Å². The molecule has 6 nitrogen and oxygen atoms in total. The minimum Gasteiger partial charge on any atom is -0.467 e. The Morgan fingerprint density at radius 1 is 1.17 bits per heavy atom. The summed E-state index contributed by atoms with van der Waals surface area (Å²) in [6, 6.07) is 11.8. The molecule has 1 aromatic carbocycles. The summed E-state index contributed by atoms with van der Waals surface area (Å²) in [7, 11) is 0. The fourth-order valence-corrected chi connectivity index (χ4v) is 2.12. The van der Waals surface area contributed by atoms with Gasteiger partial charge in [0.1, 0.15) is 17.3 Å². The number of furan rings is 1. The Hall–Kier alpha value is -3.22. The third-order valence-electron chi connectivity index (χ3n) is 3.35. The normalized spacial score (nSPS) is 10.5. The van der Waals surface area contributed by atoms with Gasteiger partial charge >= 0.3 is 0 Å². The number of hydrogen-bond acceptors (Lipinski definition) is 4. The van der Waals surface area contributed by atoms with Crippen LogP contribution >= 0.6 is 0 Å². The van der Waals surface area contributed by atoms with E-state index in [-0.39, 0.29) is 30.2 Å². The summed E-state index contributed by atoms with van der Waals surface area (Å²) >= 11 is 0. The number of aromatic nitrogens is 2. The maximum Gasteiger partial charge on any atom is 0.272 e. The Kier molecular flexibility index (Phi) is 4.51. The summed E-state index contributed by atoms with van der Waals surface area (Å²) in [6.07, 6.45) is 1.52. The van der Waals surface area contributed by atoms with Crippen molar-refractivity contribution in [3.63, 3.8) is 0 Å². The molecule has 24 heavy (non-hydrogen) atoms. The molecule has 7 heteroatoms. The monoisotopic (exact) mass is 327 g/mol. The Labute approximate surface area is 136 Å². The highest BCUT2D eigenvalue weighted by Crippen LogP contribution is 2.04. The van der Waals surface area contributed by atoms with Gasteiger partial charge in [0.2, 0.25) is 0 Å². The van der Waals surface area contributed by atoms with E-state index in [1.54, 1.807) is 24.3 Å². The van der Waals surface area contributed by atoms with Crippen LogP contribution in [0.5, 0.6) is 0 Å². The molecule has 0 aliphatic carbocycles. The molecular formula is C17H14FN3O3. The van der Waals surface area contributed by atoms with Gasteiger partial charge in [-0.05, 0) is 35.9 Å². The first-order chi connectivity index (χ1) is 11.6. The topological polar surface area (TPSA) is 77.1 Å². The van der Waals surface area contributed by atoms with Crippen molar-refractivity contribution >= 4 is 5.91 Å². The number of hydrogen-bond donors (Lipinski definition) is 1. The lowest BCUT2D eigenvalue weighted by atomic mass is 10.2. The number of carbonyl (C=O) groups is 1. The molecule has 2 aromatic heterocycles. The number of halogens is 1. The van der Waals surface area contributed by atoms with Crippen LogP contribution < -0.4 is 10.9 Å². The molecule has 0 radical (unpaired) electrons. The number of amides is 1. The van der Waals surface area contributed by atoms with Gasteiger partial charge in [-0.25, -0.2) is 9.07 Å². The molecule has 0 spiro atoms. The maximum absolute atomic E-state index is 12.9. The van der Waals surface area contributed by atoms with Crippen LogP contribution in [-0.4, -0.2) is 15.7 Å². The second kappa shape index (κ2) is 6.91. The smallest absolute Gasteiger partial charge is 0.272 e. The largest absolute Gasteiger partial charge is 0.467 e. The lowest BCUT2D eigenvalue weighted by Crippen LogP contribution is -2.29. The van der Waals surface area contributed by atoms with E-state index in [1.165, 1.54) is 30.5 Å². The second-order valence-electron chi connectivity index (χ2n) is 5.10. The highest BCUT2D eigenvalue weighted by molar-refractivity contribution is 5.91. The van der Waals surface area contributed by atoms with Crippen LogP contribution in [0.1, 0.15) is 21.8 Å². The standard InChI is InChI=1S/C17H14FN3O3/c18-13-5-3-12(4-6-13)11-21-16(22)8-7-15(20-21)17(23)19-10-14-2-1-9-24-14/h1-9H,10-11H2,(H,19,23). The molecule has 1 N–H and O–H groups in total. The number of nitrogens with one attached hydrogen (secondary N) is 1. The Bertz CT molecular complexity index is 886. The van der Waals surface area contributed by atoms with Gasteiger partial charge in [0.05, 0.1) is 19.4 Å². The van der Waals surface area contributed by atoms with Crippen LogP contribution in [0, 0.1) is 5.82 Å². The zero-order valence-electron chi connectivity index (χ0n) is 12.6. The minimum atomic E-state index is -0.417. The molecule has 0 fully saturated rings. The maximum atomic E-state index is 12.9. The molecule has 0 saturated heterocycles. The number of carbonyl (C=O) groups excluding carboxylic acids is 1. The summed E-state index contributed by atoms with van der Waals surface area (Å²) in [5.74, 6) is -0.160. The van der Waals surface area contributed by atoms with E-state index in [4.69, 9.17) is 4.42 Å². The zero-order valence-corrected chi connectivity index (χ0v) is 12.6. The van der Waals surface area contributed by atoms with Gasteiger partial charge in [-0.2, -0.15) is 5.10 Å². The predicted molar refractivity (Wildman–Crippen MR) is 83.9 cm³/mol. The lowest BCUT2D eigenvalue weighted by Gasteiger charge is -2.07. The summed E-state index contributed by atoms with van der Waals surface area (Å²) < 4.78 is 19.2. The van der Waals surface area contributed by atoms with Crippen molar-refractivity contribution < 1.29 is 13.6 Å². The second-order valence-corrected chi connectivity index (χ2v) is 5.10. The van der Waals surface area contributed by atoms with Crippen LogP contribution in [-0.2, 0) is 13.1 Å². The van der Waals surface area contributed by atoms with Gasteiger partial charge in [-0.1, -0.05) is 12.1 Å². The third kappa shape index (κ3) is 3.75. The first-order valence-corrected chi connectivity index (χ1v) is 7.25. The molecule has 122 valence electrons. The molecule has 2 heterocycles. The molecular weight excluding hydrogens is 313 g/mol. The van der Waals surface area contributed by atoms with Crippen LogP contribution in [0.25, 0.3) is 0 Å². The Morgan fingerprint density at radius 2 is 1.96 bits per heavy atom. The summed E-state index contributed by atoms with van der Waals surface area (Å²) in [5, 5.41) is 6.72. The quantitative estimate of drug-likeness (QED) is 0.777. The van der Waals surface area contributed by atoms with Gasteiger partial charge < -0.3 is 9.73 Å². The van der Waals surface area contributed by atoms with E-state index in [2.05, 4.69) is 10.4 Å². The zero-order chi connectivity index (χ0) is 16.9. The highest BCUT2D eigenvalue weighted by atomic mass is 19.1. The van der Waals surface area contributed by atoms with Crippen LogP contribution in [0.3, 0.4) is 0 Å². The molecule has 0 aliphatic rings. The van der Waals surface area contributed by atoms with Crippen LogP contribution in [0.15, 0.2) is 64.0 Å². The van der Waals surface area contributed by atoms with E-state index >= 15 is 0 Å². The molecule has 3 rings (SSSR count). The van der Waals surface area contributed by atoms with E-state index in [9.17, 15) is 14.0 Å². The average molecular weight is 327 g/mol. The van der Waals surface area contributed by atoms with Crippen LogP contribution in [0.2, 0.25) is 0 Å². The molecule has 0 saturated carbocycles. The molecule has 0 aliphatic heterocycles. The highest BCUT2D eigenvalue weighted by Gasteiger charge is 2.10. The molecule has 1 amide bonds. The van der Waals surface area contributed by atoms with E-state index < -0.39 is 5.91 Å². The van der Waals surface area contributed by atoms with Gasteiger partial charge in [-0.3, -0.25) is 9.59 Å². The molecule has 0 bridgehead atoms. The first kappa shape index (κ1) is 15.7. The minimum absolute atomic E-state index is 0.114. The van der Waals surface area contributed by atoms with Crippen molar-refractivity contribution in [1.29, 1.82) is 0 Å².